The lowest BCUT2D eigenvalue weighted by molar-refractivity contribution is 0.233. The number of carbonyl (C=O) groups is 1. The van der Waals surface area contributed by atoms with E-state index in [0.29, 0.717) is 13.2 Å². The lowest BCUT2D eigenvalue weighted by Gasteiger charge is -2.15. The van der Waals surface area contributed by atoms with Gasteiger partial charge in [-0.1, -0.05) is 24.3 Å². The summed E-state index contributed by atoms with van der Waals surface area (Å²) in [5, 5.41) is 5.77. The molecule has 1 atom stereocenters. The predicted molar refractivity (Wildman–Crippen MR) is 104 cm³/mol. The summed E-state index contributed by atoms with van der Waals surface area (Å²) in [4.78, 5) is 11.9. The monoisotopic (exact) mass is 356 g/mol. The van der Waals surface area contributed by atoms with Crippen molar-refractivity contribution in [3.05, 3.63) is 59.7 Å². The Morgan fingerprint density at radius 1 is 1.12 bits per heavy atom. The highest BCUT2D eigenvalue weighted by Gasteiger charge is 2.07. The summed E-state index contributed by atoms with van der Waals surface area (Å²) in [6, 6.07) is 15.8. The molecular weight excluding hydrogens is 328 g/mol. The molecular formula is C21H28N2O3. The quantitative estimate of drug-likeness (QED) is 0.674. The first-order valence-electron chi connectivity index (χ1n) is 8.93. The van der Waals surface area contributed by atoms with E-state index in [1.807, 2.05) is 62.4 Å². The fourth-order valence-corrected chi connectivity index (χ4v) is 2.56. The minimum absolute atomic E-state index is 0.0924. The van der Waals surface area contributed by atoms with Crippen LogP contribution in [0.4, 0.5) is 4.79 Å². The van der Waals surface area contributed by atoms with E-state index in [1.165, 1.54) is 5.56 Å². The summed E-state index contributed by atoms with van der Waals surface area (Å²) in [7, 11) is 1.66. The number of nitrogens with one attached hydrogen (secondary N) is 2. The Kier molecular flexibility index (Phi) is 7.80. The van der Waals surface area contributed by atoms with Gasteiger partial charge in [-0.25, -0.2) is 4.79 Å². The Morgan fingerprint density at radius 3 is 2.58 bits per heavy atom. The number of benzene rings is 2. The van der Waals surface area contributed by atoms with Gasteiger partial charge in [0.25, 0.3) is 0 Å². The Balaban J connectivity index is 1.60. The highest BCUT2D eigenvalue weighted by Crippen LogP contribution is 2.13. The van der Waals surface area contributed by atoms with Gasteiger partial charge in [0, 0.05) is 6.04 Å². The second-order valence-corrected chi connectivity index (χ2v) is 6.35. The molecule has 1 unspecified atom stereocenters. The van der Waals surface area contributed by atoms with Crippen molar-refractivity contribution in [2.45, 2.75) is 32.7 Å². The molecule has 0 aliphatic heterocycles. The average Bonchev–Trinajstić information content (AvgIpc) is 2.64. The largest absolute Gasteiger partial charge is 0.497 e. The van der Waals surface area contributed by atoms with E-state index in [2.05, 4.69) is 10.6 Å². The molecule has 0 aliphatic rings. The number of urea groups is 1. The Labute approximate surface area is 155 Å². The van der Waals surface area contributed by atoms with Crippen LogP contribution in [0.25, 0.3) is 0 Å². The zero-order chi connectivity index (χ0) is 18.8. The third-order valence-corrected chi connectivity index (χ3v) is 4.05. The summed E-state index contributed by atoms with van der Waals surface area (Å²) in [6.45, 7) is 4.93. The number of carbonyl (C=O) groups excluding carboxylic acids is 1. The van der Waals surface area contributed by atoms with Crippen molar-refractivity contribution in [1.29, 1.82) is 0 Å². The first-order valence-corrected chi connectivity index (χ1v) is 8.93. The molecule has 5 heteroatoms. The van der Waals surface area contributed by atoms with Crippen LogP contribution in [0.2, 0.25) is 0 Å². The van der Waals surface area contributed by atoms with Crippen molar-refractivity contribution in [3.8, 4) is 11.5 Å². The van der Waals surface area contributed by atoms with Crippen LogP contribution in [-0.2, 0) is 6.42 Å². The van der Waals surface area contributed by atoms with E-state index in [-0.39, 0.29) is 12.1 Å². The van der Waals surface area contributed by atoms with Gasteiger partial charge < -0.3 is 20.1 Å². The molecule has 2 amide bonds. The molecule has 0 fully saturated rings. The van der Waals surface area contributed by atoms with E-state index in [4.69, 9.17) is 9.47 Å². The molecule has 0 aliphatic carbocycles. The maximum Gasteiger partial charge on any atom is 0.315 e. The molecule has 2 rings (SSSR count). The third-order valence-electron chi connectivity index (χ3n) is 4.05. The van der Waals surface area contributed by atoms with Gasteiger partial charge in [-0.2, -0.15) is 0 Å². The summed E-state index contributed by atoms with van der Waals surface area (Å²) in [5.74, 6) is 1.67. The summed E-state index contributed by atoms with van der Waals surface area (Å²) in [5.41, 5.74) is 2.38. The Hall–Kier alpha value is -2.69. The normalized spacial score (nSPS) is 11.5. The predicted octanol–water partition coefficient (Wildman–Crippen LogP) is 3.70. The number of hydrogen-bond acceptors (Lipinski definition) is 3. The number of hydrogen-bond donors (Lipinski definition) is 2. The maximum absolute atomic E-state index is 11.9. The van der Waals surface area contributed by atoms with E-state index in [9.17, 15) is 4.79 Å². The van der Waals surface area contributed by atoms with Crippen molar-refractivity contribution in [1.82, 2.24) is 10.6 Å². The summed E-state index contributed by atoms with van der Waals surface area (Å²) >= 11 is 0. The zero-order valence-corrected chi connectivity index (χ0v) is 15.7. The molecule has 0 spiro atoms. The molecule has 0 saturated carbocycles. The van der Waals surface area contributed by atoms with Gasteiger partial charge >= 0.3 is 6.03 Å². The van der Waals surface area contributed by atoms with Gasteiger partial charge in [-0.3, -0.25) is 0 Å². The second kappa shape index (κ2) is 10.3. The maximum atomic E-state index is 11.9. The van der Waals surface area contributed by atoms with Gasteiger partial charge in [0.05, 0.1) is 13.7 Å². The van der Waals surface area contributed by atoms with Crippen molar-refractivity contribution >= 4 is 6.03 Å². The summed E-state index contributed by atoms with van der Waals surface area (Å²) in [6.07, 6.45) is 1.78. The number of methoxy groups -OCH3 is 1. The topological polar surface area (TPSA) is 59.6 Å². The van der Waals surface area contributed by atoms with Crippen molar-refractivity contribution in [3.63, 3.8) is 0 Å². The minimum atomic E-state index is -0.167. The molecule has 0 heterocycles. The van der Waals surface area contributed by atoms with Crippen LogP contribution < -0.4 is 20.1 Å². The molecule has 0 bridgehead atoms. The second-order valence-electron chi connectivity index (χ2n) is 6.35. The van der Waals surface area contributed by atoms with Crippen LogP contribution in [0, 0.1) is 6.92 Å². The highest BCUT2D eigenvalue weighted by molar-refractivity contribution is 5.74. The minimum Gasteiger partial charge on any atom is -0.497 e. The van der Waals surface area contributed by atoms with E-state index < -0.39 is 0 Å². The zero-order valence-electron chi connectivity index (χ0n) is 15.7. The van der Waals surface area contributed by atoms with E-state index in [0.717, 1.165) is 29.9 Å². The molecule has 0 radical (unpaired) electrons. The van der Waals surface area contributed by atoms with Gasteiger partial charge in [-0.05, 0) is 62.1 Å². The van der Waals surface area contributed by atoms with Crippen molar-refractivity contribution in [2.75, 3.05) is 20.3 Å². The molecule has 140 valence electrons. The average molecular weight is 356 g/mol. The highest BCUT2D eigenvalue weighted by atomic mass is 16.5. The molecule has 0 aromatic heterocycles. The lowest BCUT2D eigenvalue weighted by Crippen LogP contribution is -2.42. The SMILES string of the molecule is COc1ccc(CCC(C)NC(=O)NCCOc2cccc(C)c2)cc1. The van der Waals surface area contributed by atoms with Crippen LogP contribution in [0.15, 0.2) is 48.5 Å². The first kappa shape index (κ1) is 19.6. The van der Waals surface area contributed by atoms with Crippen LogP contribution in [0.1, 0.15) is 24.5 Å². The third kappa shape index (κ3) is 7.05. The smallest absolute Gasteiger partial charge is 0.315 e. The number of amides is 2. The molecule has 26 heavy (non-hydrogen) atoms. The van der Waals surface area contributed by atoms with Gasteiger partial charge in [0.2, 0.25) is 0 Å². The number of aryl methyl sites for hydroxylation is 2. The standard InChI is InChI=1S/C21H28N2O3/c1-16-5-4-6-20(15-16)26-14-13-22-21(24)23-17(2)7-8-18-9-11-19(25-3)12-10-18/h4-6,9-12,15,17H,7-8,13-14H2,1-3H3,(H2,22,23,24). The fourth-order valence-electron chi connectivity index (χ4n) is 2.56. The lowest BCUT2D eigenvalue weighted by atomic mass is 10.1. The summed E-state index contributed by atoms with van der Waals surface area (Å²) < 4.78 is 10.8. The molecule has 2 aromatic rings. The Morgan fingerprint density at radius 2 is 1.88 bits per heavy atom. The molecule has 2 N–H and O–H groups in total. The molecule has 5 nitrogen and oxygen atoms in total. The fraction of sp³-hybridized carbons (Fsp3) is 0.381. The van der Waals surface area contributed by atoms with E-state index >= 15 is 0 Å². The van der Waals surface area contributed by atoms with Gasteiger partial charge in [0.15, 0.2) is 0 Å². The van der Waals surface area contributed by atoms with Gasteiger partial charge in [-0.15, -0.1) is 0 Å². The molecule has 0 saturated heterocycles. The van der Waals surface area contributed by atoms with Gasteiger partial charge in [0.1, 0.15) is 18.1 Å². The van der Waals surface area contributed by atoms with Crippen molar-refractivity contribution < 1.29 is 14.3 Å². The number of rotatable bonds is 9. The van der Waals surface area contributed by atoms with E-state index in [1.54, 1.807) is 7.11 Å². The number of ether oxygens (including phenoxy) is 2. The van der Waals surface area contributed by atoms with Crippen LogP contribution in [0.3, 0.4) is 0 Å². The van der Waals surface area contributed by atoms with Crippen LogP contribution >= 0.6 is 0 Å². The molecule has 2 aromatic carbocycles. The van der Waals surface area contributed by atoms with Crippen LogP contribution in [-0.4, -0.2) is 32.3 Å². The van der Waals surface area contributed by atoms with Crippen LogP contribution in [0.5, 0.6) is 11.5 Å². The van der Waals surface area contributed by atoms with Crippen molar-refractivity contribution in [2.24, 2.45) is 0 Å². The first-order chi connectivity index (χ1) is 12.6. The Bertz CT molecular complexity index is 686.